The van der Waals surface area contributed by atoms with Crippen molar-refractivity contribution in [3.8, 4) is 83.9 Å². The van der Waals surface area contributed by atoms with E-state index in [1.54, 1.807) is 27.6 Å². The van der Waals surface area contributed by atoms with Gasteiger partial charge in [-0.15, -0.1) is 68.0 Å². The topological polar surface area (TPSA) is 107 Å². The molecule has 0 saturated carbocycles. The summed E-state index contributed by atoms with van der Waals surface area (Å²) in [4.78, 5) is 43.5. The molecule has 8 aromatic heterocycles. The Morgan fingerprint density at radius 3 is 0.910 bits per heavy atom. The van der Waals surface area contributed by atoms with E-state index in [1.807, 2.05) is 45.3 Å². The van der Waals surface area contributed by atoms with Crippen LogP contribution in [0.1, 0.15) is 465 Å². The molecule has 15 rings (SSSR count). The lowest BCUT2D eigenvalue weighted by Crippen LogP contribution is -2.31. The van der Waals surface area contributed by atoms with Crippen molar-refractivity contribution in [1.82, 2.24) is 22.4 Å². The van der Waals surface area contributed by atoms with Gasteiger partial charge < -0.3 is 9.47 Å². The standard InChI is InChI=1S/C128H173N5O4S8/c1-10-16-22-28-34-38-42-46-50-62-75-95-99-87-107(93-71-58-56-59-72-93)140-123(99)96(76-63-51-47-43-39-35-29-23-17-11-2)100-88-108(141-124(95)100)103-79-81-105(138-103)112-115-116(128(135)133(127(115)134)84-83-92(9)70-68-69-91(7)8)113(119-118(112)130-145-131-119)106-82-80-104(139-106)109-89-101-97(77-64-52-48-44-40-36-30-24-18-12-3)126-102(98(125(101)142-109)78-65-53-49-45-41-37-31-25-19-13-4)90-110(143-126)114-120-117(129-144-132-120)111(94-73-60-57-61-74-94)121(136-85-66-54-32-26-20-14-5)122(114)137-86-67-55-33-27-21-15-6/h56-61,71-74,79-82,87-92H,10-55,62-70,75-78,83-86H2,1-9H3. The van der Waals surface area contributed by atoms with Crippen molar-refractivity contribution >= 4 is 166 Å². The van der Waals surface area contributed by atoms with Crippen molar-refractivity contribution in [1.29, 1.82) is 0 Å². The molecule has 9 nitrogen and oxygen atoms in total. The van der Waals surface area contributed by atoms with Crippen LogP contribution in [0.2, 0.25) is 0 Å². The number of fused-ring (bicyclic) bond motifs is 7. The molecule has 0 saturated heterocycles. The SMILES string of the molecule is CCCCCCCCCCCCc1c2cc(-c3ccc(-c4c5c(c(-c6ccc(-c7cc8c(CCCCCCCCCCCC)c9sc(-c%10c(OCCCCCCCC)c(OCCCCCCCC)c(-c%11ccccc%11)c%11nsnc%10%11)cc9c(CCCCCCCCCCCC)c8s7)s6)c6nsnc46)C(=O)N(CCC(C)CCCC(C)C)C5=O)s3)sc2c(CCCCCCCCCCCC)c2cc(-c3ccccc3)sc12. The third-order valence-corrected chi connectivity index (χ3v) is 39.6. The minimum absolute atomic E-state index is 0.208. The maximum absolute atomic E-state index is 16.3. The zero-order valence-electron chi connectivity index (χ0n) is 90.2. The molecule has 1 unspecified atom stereocenters. The Morgan fingerprint density at radius 2 is 0.552 bits per heavy atom. The van der Waals surface area contributed by atoms with Crippen molar-refractivity contribution in [3.05, 3.63) is 143 Å². The number of nitrogens with zero attached hydrogens (tertiary/aromatic N) is 5. The van der Waals surface area contributed by atoms with Crippen LogP contribution in [0.3, 0.4) is 0 Å². The van der Waals surface area contributed by atoms with Gasteiger partial charge in [-0.05, 0) is 186 Å². The van der Waals surface area contributed by atoms with Gasteiger partial charge in [0.1, 0.15) is 22.1 Å². The lowest BCUT2D eigenvalue weighted by molar-refractivity contribution is 0.0646. The Morgan fingerprint density at radius 1 is 0.262 bits per heavy atom. The molecule has 6 aromatic carbocycles. The van der Waals surface area contributed by atoms with Crippen LogP contribution in [-0.2, 0) is 25.7 Å². The van der Waals surface area contributed by atoms with Gasteiger partial charge in [0.15, 0.2) is 11.5 Å². The lowest BCUT2D eigenvalue weighted by Gasteiger charge is -2.20. The molecule has 2 amide bonds. The van der Waals surface area contributed by atoms with E-state index in [2.05, 4.69) is 172 Å². The van der Waals surface area contributed by atoms with Crippen LogP contribution in [0.5, 0.6) is 11.5 Å². The number of aromatic nitrogens is 4. The molecule has 0 radical (unpaired) electrons. The summed E-state index contributed by atoms with van der Waals surface area (Å²) in [5.74, 6) is 2.17. The van der Waals surface area contributed by atoms with E-state index in [4.69, 9.17) is 27.0 Å². The molecule has 0 bridgehead atoms. The zero-order valence-corrected chi connectivity index (χ0v) is 96.8. The fourth-order valence-corrected chi connectivity index (χ4v) is 31.1. The molecule has 1 aliphatic heterocycles. The van der Waals surface area contributed by atoms with E-state index in [0.29, 0.717) is 53.8 Å². The highest BCUT2D eigenvalue weighted by Gasteiger charge is 2.44. The molecule has 0 N–H and O–H groups in total. The average molecular weight is 2100 g/mol. The number of imide groups is 1. The summed E-state index contributed by atoms with van der Waals surface area (Å²) in [5.41, 5.74) is 16.0. The quantitative estimate of drug-likeness (QED) is 0.0274. The molecule has 17 heteroatoms. The van der Waals surface area contributed by atoms with Gasteiger partial charge in [0.25, 0.3) is 11.8 Å². The molecule has 14 aromatic rings. The van der Waals surface area contributed by atoms with Crippen molar-refractivity contribution in [3.63, 3.8) is 0 Å². The van der Waals surface area contributed by atoms with Crippen LogP contribution < -0.4 is 9.47 Å². The minimum atomic E-state index is -0.209. The average Bonchev–Trinajstić information content (AvgIpc) is 1.54. The van der Waals surface area contributed by atoms with Crippen LogP contribution in [0.25, 0.3) is 135 Å². The van der Waals surface area contributed by atoms with E-state index < -0.39 is 0 Å². The molecule has 145 heavy (non-hydrogen) atoms. The van der Waals surface area contributed by atoms with Gasteiger partial charge in [-0.2, -0.15) is 17.5 Å². The number of ether oxygens (including phenoxy) is 2. The first-order valence-electron chi connectivity index (χ1n) is 58.5. The largest absolute Gasteiger partial charge is 0.489 e. The Bertz CT molecular complexity index is 6110. The van der Waals surface area contributed by atoms with E-state index >= 15 is 9.59 Å². The number of unbranched alkanes of at least 4 members (excludes halogenated alkanes) is 46. The molecule has 0 aliphatic carbocycles. The monoisotopic (exact) mass is 2100 g/mol. The first-order chi connectivity index (χ1) is 71.4. The first kappa shape index (κ1) is 112. The number of carbonyl (C=O) groups excluding carboxylic acids is 2. The van der Waals surface area contributed by atoms with Crippen LogP contribution in [0, 0.1) is 11.8 Å². The number of carbonyl (C=O) groups is 2. The third kappa shape index (κ3) is 30.1. The number of amides is 2. The summed E-state index contributed by atoms with van der Waals surface area (Å²) in [6.45, 7) is 22.4. The molecular weight excluding hydrogens is 1930 g/mol. The predicted octanol–water partition coefficient (Wildman–Crippen LogP) is 44.1. The van der Waals surface area contributed by atoms with Gasteiger partial charge in [-0.25, -0.2) is 0 Å². The first-order valence-corrected chi connectivity index (χ1v) is 64.9. The Balaban J connectivity index is 0.839. The maximum Gasteiger partial charge on any atom is 0.262 e. The fourth-order valence-electron chi connectivity index (χ4n) is 22.6. The second kappa shape index (κ2) is 60.3. The highest BCUT2D eigenvalue weighted by atomic mass is 32.1. The van der Waals surface area contributed by atoms with Gasteiger partial charge in [0, 0.05) is 75.5 Å². The van der Waals surface area contributed by atoms with Crippen molar-refractivity contribution < 1.29 is 19.1 Å². The minimum Gasteiger partial charge on any atom is -0.489 e. The predicted molar refractivity (Wildman–Crippen MR) is 641 cm³/mol. The molecule has 0 spiro atoms. The van der Waals surface area contributed by atoms with E-state index in [1.165, 1.54) is 418 Å². The fraction of sp³-hybridized carbons (Fsp3) is 0.578. The second-order valence-electron chi connectivity index (χ2n) is 43.2. The highest BCUT2D eigenvalue weighted by molar-refractivity contribution is 7.29. The summed E-state index contributed by atoms with van der Waals surface area (Å²) in [6, 6.07) is 41.4. The molecule has 1 atom stereocenters. The summed E-state index contributed by atoms with van der Waals surface area (Å²) < 4.78 is 41.8. The Hall–Kier alpha value is -7.06. The normalized spacial score (nSPS) is 12.7. The molecule has 9 heterocycles. The highest BCUT2D eigenvalue weighted by Crippen LogP contribution is 2.58. The number of hydrogen-bond donors (Lipinski definition) is 0. The van der Waals surface area contributed by atoms with Gasteiger partial charge in [0.2, 0.25) is 0 Å². The van der Waals surface area contributed by atoms with Crippen LogP contribution in [0.15, 0.2) is 109 Å². The maximum atomic E-state index is 16.3. The molecular formula is C128H173N5O4S8. The van der Waals surface area contributed by atoms with E-state index in [0.717, 1.165) is 148 Å². The van der Waals surface area contributed by atoms with Gasteiger partial charge in [-0.1, -0.05) is 438 Å². The number of thiophene rings is 6. The van der Waals surface area contributed by atoms with E-state index in [-0.39, 0.29) is 11.8 Å². The second-order valence-corrected chi connectivity index (χ2v) is 50.6. The lowest BCUT2D eigenvalue weighted by atomic mass is 9.93. The Labute approximate surface area is 905 Å². The Kier molecular flexibility index (Phi) is 46.6. The van der Waals surface area contributed by atoms with Gasteiger partial charge >= 0.3 is 0 Å². The molecule has 0 fully saturated rings. The van der Waals surface area contributed by atoms with Crippen LogP contribution in [0.4, 0.5) is 0 Å². The van der Waals surface area contributed by atoms with Crippen molar-refractivity contribution in [2.75, 3.05) is 19.8 Å². The number of hydrogen-bond acceptors (Lipinski definition) is 16. The number of aryl methyl sites for hydroxylation is 4. The number of rotatable bonds is 74. The summed E-state index contributed by atoms with van der Waals surface area (Å²) in [7, 11) is 0. The van der Waals surface area contributed by atoms with Crippen LogP contribution in [-0.4, -0.2) is 54.0 Å². The summed E-state index contributed by atoms with van der Waals surface area (Å²) in [6.07, 6.45) is 74.1. The summed E-state index contributed by atoms with van der Waals surface area (Å²) >= 11 is 14.0. The third-order valence-electron chi connectivity index (χ3n) is 31.1. The van der Waals surface area contributed by atoms with Crippen LogP contribution >= 0.6 is 91.5 Å². The molecule has 782 valence electrons. The van der Waals surface area contributed by atoms with Crippen molar-refractivity contribution in [2.24, 2.45) is 11.8 Å². The van der Waals surface area contributed by atoms with Crippen molar-refractivity contribution in [2.45, 2.75) is 448 Å². The number of benzene rings is 6. The smallest absolute Gasteiger partial charge is 0.262 e. The zero-order chi connectivity index (χ0) is 101. The van der Waals surface area contributed by atoms with Gasteiger partial charge in [0.05, 0.1) is 58.9 Å². The van der Waals surface area contributed by atoms with Gasteiger partial charge in [-0.3, -0.25) is 14.5 Å². The summed E-state index contributed by atoms with van der Waals surface area (Å²) in [5, 5.41) is 5.63. The van der Waals surface area contributed by atoms with E-state index in [9.17, 15) is 0 Å². The molecule has 1 aliphatic rings.